The zero-order valence-electron chi connectivity index (χ0n) is 14.3. The van der Waals surface area contributed by atoms with Crippen molar-refractivity contribution in [3.05, 3.63) is 24.3 Å². The monoisotopic (exact) mass is 338 g/mol. The van der Waals surface area contributed by atoms with Crippen molar-refractivity contribution in [2.75, 3.05) is 6.26 Å². The Morgan fingerprint density at radius 3 is 2.22 bits per heavy atom. The molecule has 0 fully saturated rings. The Morgan fingerprint density at radius 1 is 1.09 bits per heavy atom. The summed E-state index contributed by atoms with van der Waals surface area (Å²) in [4.78, 5) is 24.7. The molecule has 5 heteroatoms. The number of esters is 2. The van der Waals surface area contributed by atoms with Crippen LogP contribution in [0.5, 0.6) is 5.75 Å². The molecule has 1 rings (SSSR count). The van der Waals surface area contributed by atoms with E-state index in [4.69, 9.17) is 9.47 Å². The fraction of sp³-hybridized carbons (Fsp3) is 0.556. The first-order valence-corrected chi connectivity index (χ1v) is 9.23. The molecule has 0 aliphatic carbocycles. The number of ether oxygens (including phenoxy) is 2. The molecular formula is C18H26O4S. The Hall–Kier alpha value is -1.49. The van der Waals surface area contributed by atoms with Gasteiger partial charge in [-0.3, -0.25) is 9.59 Å². The lowest BCUT2D eigenvalue weighted by molar-refractivity contribution is -0.153. The summed E-state index contributed by atoms with van der Waals surface area (Å²) in [6, 6.07) is 7.27. The lowest BCUT2D eigenvalue weighted by atomic mass is 10.0. The molecule has 0 aliphatic heterocycles. The van der Waals surface area contributed by atoms with Gasteiger partial charge in [0, 0.05) is 4.90 Å². The van der Waals surface area contributed by atoms with E-state index in [2.05, 4.69) is 6.92 Å². The number of carbonyl (C=O) groups is 2. The summed E-state index contributed by atoms with van der Waals surface area (Å²) >= 11 is 1.62. The fourth-order valence-electron chi connectivity index (χ4n) is 2.07. The van der Waals surface area contributed by atoms with Crippen molar-refractivity contribution < 1.29 is 19.1 Å². The number of hydrogen-bond acceptors (Lipinski definition) is 5. The summed E-state index contributed by atoms with van der Waals surface area (Å²) in [6.07, 6.45) is 3.78. The van der Waals surface area contributed by atoms with E-state index in [-0.39, 0.29) is 30.8 Å². The SMILES string of the molecule is CCCC(OC(=O)CCC(=O)Oc1ccc(SC)cc1)C(C)C. The van der Waals surface area contributed by atoms with Gasteiger partial charge in [0.2, 0.25) is 0 Å². The van der Waals surface area contributed by atoms with E-state index in [9.17, 15) is 9.59 Å². The van der Waals surface area contributed by atoms with Gasteiger partial charge in [0.1, 0.15) is 11.9 Å². The molecule has 128 valence electrons. The van der Waals surface area contributed by atoms with Gasteiger partial charge in [0.15, 0.2) is 0 Å². The highest BCUT2D eigenvalue weighted by molar-refractivity contribution is 7.98. The summed E-state index contributed by atoms with van der Waals surface area (Å²) < 4.78 is 10.6. The third kappa shape index (κ3) is 7.55. The second-order valence-electron chi connectivity index (χ2n) is 5.71. The summed E-state index contributed by atoms with van der Waals surface area (Å²) in [5.41, 5.74) is 0. The average Bonchev–Trinajstić information content (AvgIpc) is 2.53. The van der Waals surface area contributed by atoms with Crippen molar-refractivity contribution >= 4 is 23.7 Å². The maximum absolute atomic E-state index is 11.8. The van der Waals surface area contributed by atoms with Crippen molar-refractivity contribution in [1.29, 1.82) is 0 Å². The maximum Gasteiger partial charge on any atom is 0.311 e. The van der Waals surface area contributed by atoms with Gasteiger partial charge in [-0.25, -0.2) is 0 Å². The second-order valence-corrected chi connectivity index (χ2v) is 6.59. The highest BCUT2D eigenvalue weighted by Crippen LogP contribution is 2.19. The van der Waals surface area contributed by atoms with Gasteiger partial charge in [-0.2, -0.15) is 0 Å². The minimum absolute atomic E-state index is 0.0278. The van der Waals surface area contributed by atoms with E-state index >= 15 is 0 Å². The van der Waals surface area contributed by atoms with E-state index in [0.29, 0.717) is 5.75 Å². The second kappa shape index (κ2) is 10.3. The van der Waals surface area contributed by atoms with E-state index in [1.165, 1.54) is 0 Å². The molecule has 0 aliphatic rings. The molecule has 1 atom stereocenters. The van der Waals surface area contributed by atoms with Crippen molar-refractivity contribution in [3.8, 4) is 5.75 Å². The quantitative estimate of drug-likeness (QED) is 0.378. The normalized spacial score (nSPS) is 12.0. The van der Waals surface area contributed by atoms with E-state index in [1.807, 2.05) is 32.2 Å². The van der Waals surface area contributed by atoms with Crippen LogP contribution in [-0.4, -0.2) is 24.3 Å². The molecule has 1 aromatic carbocycles. The minimum atomic E-state index is -0.421. The molecule has 1 unspecified atom stereocenters. The first kappa shape index (κ1) is 19.6. The summed E-state index contributed by atoms with van der Waals surface area (Å²) in [7, 11) is 0. The number of hydrogen-bond donors (Lipinski definition) is 0. The van der Waals surface area contributed by atoms with E-state index < -0.39 is 5.97 Å². The van der Waals surface area contributed by atoms with Gasteiger partial charge < -0.3 is 9.47 Å². The molecule has 4 nitrogen and oxygen atoms in total. The van der Waals surface area contributed by atoms with Crippen LogP contribution in [0.3, 0.4) is 0 Å². The van der Waals surface area contributed by atoms with Gasteiger partial charge in [0.25, 0.3) is 0 Å². The lowest BCUT2D eigenvalue weighted by Gasteiger charge is -2.20. The third-order valence-electron chi connectivity index (χ3n) is 3.42. The van der Waals surface area contributed by atoms with Crippen LogP contribution in [0.1, 0.15) is 46.5 Å². The van der Waals surface area contributed by atoms with Crippen LogP contribution in [0, 0.1) is 5.92 Å². The molecule has 0 bridgehead atoms. The fourth-order valence-corrected chi connectivity index (χ4v) is 2.48. The van der Waals surface area contributed by atoms with Gasteiger partial charge in [-0.15, -0.1) is 11.8 Å². The molecule has 1 aromatic rings. The minimum Gasteiger partial charge on any atom is -0.462 e. The zero-order chi connectivity index (χ0) is 17.2. The summed E-state index contributed by atoms with van der Waals surface area (Å²) in [5.74, 6) is 0.00952. The Balaban J connectivity index is 2.38. The van der Waals surface area contributed by atoms with Crippen molar-refractivity contribution in [3.63, 3.8) is 0 Å². The number of rotatable bonds is 9. The molecule has 0 amide bonds. The van der Waals surface area contributed by atoms with Crippen molar-refractivity contribution in [1.82, 2.24) is 0 Å². The third-order valence-corrected chi connectivity index (χ3v) is 4.17. The standard InChI is InChI=1S/C18H26O4S/c1-5-6-16(13(2)3)22-18(20)12-11-17(19)21-14-7-9-15(23-4)10-8-14/h7-10,13,16H,5-6,11-12H2,1-4H3. The number of thioether (sulfide) groups is 1. The van der Waals surface area contributed by atoms with E-state index in [0.717, 1.165) is 17.7 Å². The molecule has 0 radical (unpaired) electrons. The molecule has 0 saturated carbocycles. The smallest absolute Gasteiger partial charge is 0.311 e. The van der Waals surface area contributed by atoms with Crippen molar-refractivity contribution in [2.45, 2.75) is 57.5 Å². The van der Waals surface area contributed by atoms with Crippen LogP contribution in [0.25, 0.3) is 0 Å². The average molecular weight is 338 g/mol. The topological polar surface area (TPSA) is 52.6 Å². The molecular weight excluding hydrogens is 312 g/mol. The Bertz CT molecular complexity index is 496. The predicted octanol–water partition coefficient (Wildman–Crippen LogP) is 4.46. The first-order valence-electron chi connectivity index (χ1n) is 8.00. The van der Waals surface area contributed by atoms with Crippen LogP contribution in [0.2, 0.25) is 0 Å². The van der Waals surface area contributed by atoms with Crippen molar-refractivity contribution in [2.24, 2.45) is 5.92 Å². The number of benzene rings is 1. The predicted molar refractivity (Wildman–Crippen MR) is 92.7 cm³/mol. The molecule has 0 aromatic heterocycles. The molecule has 0 saturated heterocycles. The molecule has 0 spiro atoms. The molecule has 0 N–H and O–H groups in total. The van der Waals surface area contributed by atoms with Gasteiger partial charge in [0.05, 0.1) is 12.8 Å². The van der Waals surface area contributed by atoms with Gasteiger partial charge in [-0.05, 0) is 42.9 Å². The van der Waals surface area contributed by atoms with Crippen LogP contribution < -0.4 is 4.74 Å². The van der Waals surface area contributed by atoms with E-state index in [1.54, 1.807) is 23.9 Å². The van der Waals surface area contributed by atoms with Gasteiger partial charge >= 0.3 is 11.9 Å². The Morgan fingerprint density at radius 2 is 1.70 bits per heavy atom. The summed E-state index contributed by atoms with van der Waals surface area (Å²) in [5, 5.41) is 0. The Kier molecular flexibility index (Phi) is 8.77. The Labute approximate surface area is 142 Å². The highest BCUT2D eigenvalue weighted by atomic mass is 32.2. The lowest BCUT2D eigenvalue weighted by Crippen LogP contribution is -2.24. The largest absolute Gasteiger partial charge is 0.462 e. The molecule has 23 heavy (non-hydrogen) atoms. The maximum atomic E-state index is 11.8. The van der Waals surface area contributed by atoms with Crippen LogP contribution in [0.15, 0.2) is 29.2 Å². The zero-order valence-corrected chi connectivity index (χ0v) is 15.2. The summed E-state index contributed by atoms with van der Waals surface area (Å²) in [6.45, 7) is 6.11. The highest BCUT2D eigenvalue weighted by Gasteiger charge is 2.18. The first-order chi connectivity index (χ1) is 11.0. The van der Waals surface area contributed by atoms with Crippen LogP contribution in [-0.2, 0) is 14.3 Å². The van der Waals surface area contributed by atoms with Crippen LogP contribution >= 0.6 is 11.8 Å². The van der Waals surface area contributed by atoms with Crippen LogP contribution in [0.4, 0.5) is 0 Å². The number of carbonyl (C=O) groups excluding carboxylic acids is 2. The van der Waals surface area contributed by atoms with Gasteiger partial charge in [-0.1, -0.05) is 27.2 Å². The molecule has 0 heterocycles.